The number of H-pyrrole nitrogens is 1. The number of halogens is 2. The van der Waals surface area contributed by atoms with Gasteiger partial charge in [0.1, 0.15) is 11.5 Å². The van der Waals surface area contributed by atoms with E-state index in [-0.39, 0.29) is 18.0 Å². The molecule has 6 N–H and O–H groups in total. The van der Waals surface area contributed by atoms with Crippen LogP contribution in [0.5, 0.6) is 5.75 Å². The van der Waals surface area contributed by atoms with Crippen molar-refractivity contribution in [3.05, 3.63) is 38.5 Å². The van der Waals surface area contributed by atoms with E-state index in [1.165, 1.54) is 70.6 Å². The first-order valence-corrected chi connectivity index (χ1v) is 18.1. The van der Waals surface area contributed by atoms with Crippen LogP contribution in [0.2, 0.25) is 0 Å². The van der Waals surface area contributed by atoms with Gasteiger partial charge in [-0.25, -0.2) is 4.98 Å². The molecule has 0 aliphatic heterocycles. The van der Waals surface area contributed by atoms with Crippen molar-refractivity contribution in [3.63, 3.8) is 0 Å². The van der Waals surface area contributed by atoms with Crippen molar-refractivity contribution in [1.82, 2.24) is 20.6 Å². The number of nitrogens with zero attached hydrogens (tertiary/aromatic N) is 2. The fourth-order valence-corrected chi connectivity index (χ4v) is 6.50. The summed E-state index contributed by atoms with van der Waals surface area (Å²) in [5.74, 6) is 0.581. The number of benzene rings is 1. The highest BCUT2D eigenvalue weighted by Crippen LogP contribution is 2.35. The number of unbranched alkanes of at least 4 members (excludes halogenated alkanes) is 12. The predicted molar refractivity (Wildman–Crippen MR) is 188 cm³/mol. The number of amides is 2. The molecule has 0 saturated carbocycles. The number of aromatic nitrogens is 2. The van der Waals surface area contributed by atoms with Crippen molar-refractivity contribution in [1.29, 1.82) is 0 Å². The third kappa shape index (κ3) is 17.0. The lowest BCUT2D eigenvalue weighted by molar-refractivity contribution is -0.121. The Morgan fingerprint density at radius 2 is 1.51 bits per heavy atom. The van der Waals surface area contributed by atoms with E-state index < -0.39 is 5.91 Å². The molecule has 2 aromatic rings. The highest BCUT2D eigenvalue weighted by atomic mass is 79.9. The Kier molecular flexibility index (Phi) is 20.3. The van der Waals surface area contributed by atoms with Crippen LogP contribution >= 0.6 is 31.9 Å². The molecule has 0 atom stereocenters. The summed E-state index contributed by atoms with van der Waals surface area (Å²) in [5.41, 5.74) is 7.10. The Bertz CT molecular complexity index is 1150. The van der Waals surface area contributed by atoms with Crippen molar-refractivity contribution in [2.75, 3.05) is 25.4 Å². The van der Waals surface area contributed by atoms with E-state index in [1.54, 1.807) is 6.20 Å². The molecule has 0 spiro atoms. The lowest BCUT2D eigenvalue weighted by Gasteiger charge is -2.13. The third-order valence-corrected chi connectivity index (χ3v) is 8.72. The summed E-state index contributed by atoms with van der Waals surface area (Å²) in [4.78, 5) is 31.5. The summed E-state index contributed by atoms with van der Waals surface area (Å²) in [7, 11) is 0. The number of rotatable bonds is 25. The standard InChI is InChI=1S/C33H52Br2N6O4/c1-2-3-4-5-6-7-8-9-10-11-12-13-14-16-30(42)37-18-15-20-45-31-27(34)21-25(22-28(31)35)23-29(41-44)32(43)38-19-17-26-24-39-33(36)40-26/h21-22,24,44H,2-20,23H2,1H3,(H,37,42)(H,38,43)(H3,36,39,40)/b41-29-. The first-order chi connectivity index (χ1) is 21.8. The number of anilines is 1. The average Bonchev–Trinajstić information content (AvgIpc) is 3.43. The second kappa shape index (κ2) is 23.7. The van der Waals surface area contributed by atoms with Crippen LogP contribution in [-0.2, 0) is 22.4 Å². The summed E-state index contributed by atoms with van der Waals surface area (Å²) in [6.07, 6.45) is 20.3. The van der Waals surface area contributed by atoms with Crippen molar-refractivity contribution in [2.24, 2.45) is 5.16 Å². The molecule has 0 aliphatic rings. The molecule has 0 bridgehead atoms. The normalized spacial score (nSPS) is 11.5. The molecule has 12 heteroatoms. The fraction of sp³-hybridized carbons (Fsp3) is 0.636. The lowest BCUT2D eigenvalue weighted by atomic mass is 10.0. The molecule has 1 aromatic heterocycles. The molecule has 45 heavy (non-hydrogen) atoms. The summed E-state index contributed by atoms with van der Waals surface area (Å²) in [6.45, 7) is 3.59. The fourth-order valence-electron chi connectivity index (χ4n) is 4.99. The van der Waals surface area contributed by atoms with Gasteiger partial charge >= 0.3 is 0 Å². The van der Waals surface area contributed by atoms with Crippen molar-refractivity contribution < 1.29 is 19.5 Å². The average molecular weight is 757 g/mol. The van der Waals surface area contributed by atoms with Crippen LogP contribution in [0.3, 0.4) is 0 Å². The molecular formula is C33H52Br2N6O4. The molecule has 1 heterocycles. The maximum atomic E-state index is 12.5. The summed E-state index contributed by atoms with van der Waals surface area (Å²) in [6, 6.07) is 3.65. The van der Waals surface area contributed by atoms with Gasteiger partial charge in [-0.2, -0.15) is 0 Å². The molecule has 10 nitrogen and oxygen atoms in total. The number of nitrogen functional groups attached to an aromatic ring is 1. The lowest BCUT2D eigenvalue weighted by Crippen LogP contribution is -2.33. The molecule has 1 aromatic carbocycles. The zero-order valence-electron chi connectivity index (χ0n) is 26.8. The van der Waals surface area contributed by atoms with E-state index >= 15 is 0 Å². The zero-order chi connectivity index (χ0) is 32.7. The van der Waals surface area contributed by atoms with E-state index in [0.717, 1.165) is 24.1 Å². The van der Waals surface area contributed by atoms with Gasteiger partial charge in [-0.3, -0.25) is 9.59 Å². The Hall–Kier alpha value is -2.60. The van der Waals surface area contributed by atoms with Crippen LogP contribution in [-0.4, -0.2) is 52.4 Å². The van der Waals surface area contributed by atoms with Gasteiger partial charge in [0.25, 0.3) is 5.91 Å². The minimum atomic E-state index is -0.464. The molecular weight excluding hydrogens is 704 g/mol. The molecule has 0 unspecified atom stereocenters. The number of aromatic amines is 1. The Labute approximate surface area is 285 Å². The van der Waals surface area contributed by atoms with Gasteiger partial charge in [-0.1, -0.05) is 89.1 Å². The number of carbonyl (C=O) groups is 2. The molecule has 0 saturated heterocycles. The van der Waals surface area contributed by atoms with Gasteiger partial charge in [0.15, 0.2) is 5.95 Å². The smallest absolute Gasteiger partial charge is 0.269 e. The topological polar surface area (TPSA) is 155 Å². The van der Waals surface area contributed by atoms with Crippen molar-refractivity contribution in [3.8, 4) is 5.75 Å². The Balaban J connectivity index is 1.55. The van der Waals surface area contributed by atoms with Crippen molar-refractivity contribution in [2.45, 2.75) is 116 Å². The van der Waals surface area contributed by atoms with E-state index in [1.807, 2.05) is 12.1 Å². The van der Waals surface area contributed by atoms with Crippen LogP contribution in [0.4, 0.5) is 5.95 Å². The molecule has 252 valence electrons. The number of imidazole rings is 1. The predicted octanol–water partition coefficient (Wildman–Crippen LogP) is 7.61. The number of ether oxygens (including phenoxy) is 1. The van der Waals surface area contributed by atoms with Gasteiger partial charge in [0.05, 0.1) is 21.7 Å². The second-order valence-corrected chi connectivity index (χ2v) is 13.2. The minimum absolute atomic E-state index is 0.0128. The first-order valence-electron chi connectivity index (χ1n) is 16.5. The SMILES string of the molecule is CCCCCCCCCCCCCCCC(=O)NCCCOc1c(Br)cc(C/C(=N/O)C(=O)NCCc2cnc(N)[nH]2)cc1Br. The van der Waals surface area contributed by atoms with Crippen LogP contribution in [0.15, 0.2) is 32.4 Å². The number of oxime groups is 1. The van der Waals surface area contributed by atoms with E-state index in [2.05, 4.69) is 64.5 Å². The highest BCUT2D eigenvalue weighted by molar-refractivity contribution is 9.11. The van der Waals surface area contributed by atoms with Crippen LogP contribution in [0.25, 0.3) is 0 Å². The van der Waals surface area contributed by atoms with Gasteiger partial charge in [-0.05, 0) is 62.4 Å². The van der Waals surface area contributed by atoms with E-state index in [9.17, 15) is 14.8 Å². The van der Waals surface area contributed by atoms with Gasteiger partial charge in [0, 0.05) is 38.0 Å². The minimum Gasteiger partial charge on any atom is -0.491 e. The number of carbonyl (C=O) groups excluding carboxylic acids is 2. The third-order valence-electron chi connectivity index (χ3n) is 7.54. The maximum absolute atomic E-state index is 12.5. The zero-order valence-corrected chi connectivity index (χ0v) is 29.9. The van der Waals surface area contributed by atoms with Crippen LogP contribution < -0.4 is 21.1 Å². The second-order valence-electron chi connectivity index (χ2n) is 11.5. The number of nitrogens with one attached hydrogen (secondary N) is 3. The van der Waals surface area contributed by atoms with Gasteiger partial charge in [0.2, 0.25) is 5.91 Å². The van der Waals surface area contributed by atoms with Crippen LogP contribution in [0.1, 0.15) is 114 Å². The Morgan fingerprint density at radius 3 is 2.07 bits per heavy atom. The quantitative estimate of drug-likeness (QED) is 0.0304. The Morgan fingerprint density at radius 1 is 0.911 bits per heavy atom. The highest BCUT2D eigenvalue weighted by Gasteiger charge is 2.16. The molecule has 0 aliphatic carbocycles. The largest absolute Gasteiger partial charge is 0.491 e. The number of hydrogen-bond donors (Lipinski definition) is 5. The maximum Gasteiger partial charge on any atom is 0.269 e. The van der Waals surface area contributed by atoms with Gasteiger partial charge < -0.3 is 31.3 Å². The molecule has 0 fully saturated rings. The van der Waals surface area contributed by atoms with Gasteiger partial charge in [-0.15, -0.1) is 0 Å². The van der Waals surface area contributed by atoms with E-state index in [4.69, 9.17) is 10.5 Å². The number of hydrogen-bond acceptors (Lipinski definition) is 7. The monoisotopic (exact) mass is 754 g/mol. The molecule has 2 rings (SSSR count). The summed E-state index contributed by atoms with van der Waals surface area (Å²) < 4.78 is 7.34. The summed E-state index contributed by atoms with van der Waals surface area (Å²) >= 11 is 7.07. The first kappa shape index (κ1) is 38.6. The molecule has 2 amide bonds. The van der Waals surface area contributed by atoms with E-state index in [0.29, 0.717) is 59.6 Å². The van der Waals surface area contributed by atoms with Crippen molar-refractivity contribution >= 4 is 55.3 Å². The van der Waals surface area contributed by atoms with Crippen LogP contribution in [0, 0.1) is 0 Å². The summed E-state index contributed by atoms with van der Waals surface area (Å²) in [5, 5.41) is 18.4. The molecule has 0 radical (unpaired) electrons. The number of nitrogens with two attached hydrogens (primary N) is 1.